The molecule has 4 aliphatic carbocycles. The molecule has 0 bridgehead atoms. The highest BCUT2D eigenvalue weighted by Crippen LogP contribution is 2.45. The Morgan fingerprint density at radius 2 is 1.01 bits per heavy atom. The summed E-state index contributed by atoms with van der Waals surface area (Å²) in [6.07, 6.45) is -24.4. The van der Waals surface area contributed by atoms with E-state index in [0.29, 0.717) is 57.8 Å². The fraction of sp³-hybridized carbons (Fsp3) is 0.885. The molecule has 4 saturated heterocycles. The Kier molecular flexibility index (Phi) is 21.9. The number of carbonyl (C=O) groups is 2. The van der Waals surface area contributed by atoms with Crippen LogP contribution in [0.3, 0.4) is 0 Å². The zero-order valence-corrected chi connectivity index (χ0v) is 43.5. The maximum absolute atomic E-state index is 13.2. The van der Waals surface area contributed by atoms with E-state index in [2.05, 4.69) is 0 Å². The van der Waals surface area contributed by atoms with Crippen LogP contribution in [0.25, 0.3) is 0 Å². The molecule has 4 saturated carbocycles. The third-order valence-corrected chi connectivity index (χ3v) is 17.2. The largest absolute Gasteiger partial charge is 0.460 e. The summed E-state index contributed by atoms with van der Waals surface area (Å²) in [7, 11) is 1.49. The summed E-state index contributed by atoms with van der Waals surface area (Å²) >= 11 is 0. The minimum Gasteiger partial charge on any atom is -0.460 e. The maximum atomic E-state index is 13.2. The van der Waals surface area contributed by atoms with Crippen LogP contribution in [0, 0.1) is 23.7 Å². The van der Waals surface area contributed by atoms with E-state index in [1.165, 1.54) is 19.3 Å². The van der Waals surface area contributed by atoms with Gasteiger partial charge in [-0.3, -0.25) is 0 Å². The first kappa shape index (κ1) is 61.6. The molecule has 0 aromatic heterocycles. The van der Waals surface area contributed by atoms with Gasteiger partial charge in [0.15, 0.2) is 18.9 Å². The number of rotatable bonds is 17. The predicted molar refractivity (Wildman–Crippen MR) is 259 cm³/mol. The fourth-order valence-electron chi connectivity index (χ4n) is 12.4. The number of aliphatic hydroxyl groups excluding tert-OH is 14. The number of hydrogen-bond acceptors (Lipinski definition) is 26. The van der Waals surface area contributed by atoms with E-state index in [0.717, 1.165) is 6.08 Å². The molecule has 4 heterocycles. The molecule has 0 amide bonds. The van der Waals surface area contributed by atoms with Crippen LogP contribution < -0.4 is 0 Å². The molecule has 14 N–H and O–H groups in total. The van der Waals surface area contributed by atoms with Gasteiger partial charge in [0.1, 0.15) is 86.5 Å². The lowest BCUT2D eigenvalue weighted by molar-refractivity contribution is -0.380. The number of ether oxygens (including phenoxy) is 10. The van der Waals surface area contributed by atoms with E-state index in [1.807, 2.05) is 0 Å². The Bertz CT molecular complexity index is 1960. The molecule has 0 aromatic rings. The number of aliphatic hydroxyl groups is 14. The van der Waals surface area contributed by atoms with Gasteiger partial charge in [-0.25, -0.2) is 9.59 Å². The van der Waals surface area contributed by atoms with Crippen molar-refractivity contribution >= 4 is 11.9 Å². The van der Waals surface area contributed by atoms with Gasteiger partial charge >= 0.3 is 11.9 Å². The highest BCUT2D eigenvalue weighted by atomic mass is 16.8. The van der Waals surface area contributed by atoms with Crippen LogP contribution in [-0.2, 0) is 57.0 Å². The van der Waals surface area contributed by atoms with Crippen LogP contribution in [-0.4, -0.2) is 264 Å². The standard InChI is InChI=1S/C52H82O26/c1-69-33-15-23(3-11-29(33)57)5-13-39(60)71-21-37-42(63)45(66)49(78-51-47(68)44(65)41(62)36(76-51)20-70-38(59)12-4-22-2-10-28(56)30(58)14-22)52(77-37)74-34-18-27-31(72-48(34)24-6-8-25(54)9-7-24)16-26(55)17-32(27)73-50-46(67)43(64)40(61)35(19-53)75-50/h4-5,12-13,22-37,40-58,61-68H,2-3,6-11,14-21H2,1H3/t22?,23?,24?,25?,26?,27?,28?,29?,30?,31?,32?,33?,34?,35-,36-,37-,40-,41-,42-,43+,44+,45+,46-,47-,48?,49-,50-,51+,52-/m1/s1. The molecule has 12 unspecified atom stereocenters. The van der Waals surface area contributed by atoms with Crippen molar-refractivity contribution in [2.24, 2.45) is 23.7 Å². The average Bonchev–Trinajstić information content (AvgIpc) is 3.48. The molecule has 27 atom stereocenters. The molecule has 0 radical (unpaired) electrons. The van der Waals surface area contributed by atoms with Crippen molar-refractivity contribution in [2.45, 2.75) is 237 Å². The molecule has 8 fully saturated rings. The molecule has 26 nitrogen and oxygen atoms in total. The average molecular weight is 1120 g/mol. The number of methoxy groups -OCH3 is 1. The van der Waals surface area contributed by atoms with Gasteiger partial charge in [0, 0.05) is 31.6 Å². The lowest BCUT2D eigenvalue weighted by Gasteiger charge is -2.52. The van der Waals surface area contributed by atoms with Crippen molar-refractivity contribution in [1.29, 1.82) is 0 Å². The van der Waals surface area contributed by atoms with Crippen molar-refractivity contribution in [3.8, 4) is 0 Å². The lowest BCUT2D eigenvalue weighted by atomic mass is 9.73. The summed E-state index contributed by atoms with van der Waals surface area (Å²) in [5.74, 6) is -2.98. The van der Waals surface area contributed by atoms with Gasteiger partial charge in [0.2, 0.25) is 0 Å². The van der Waals surface area contributed by atoms with Crippen molar-refractivity contribution in [3.63, 3.8) is 0 Å². The normalized spacial score (nSPS) is 48.6. The van der Waals surface area contributed by atoms with E-state index < -0.39 is 191 Å². The van der Waals surface area contributed by atoms with Crippen LogP contribution in [0.4, 0.5) is 0 Å². The quantitative estimate of drug-likeness (QED) is 0.0483. The zero-order valence-electron chi connectivity index (χ0n) is 43.5. The first-order valence-corrected chi connectivity index (χ1v) is 27.5. The predicted octanol–water partition coefficient (Wildman–Crippen LogP) is -4.43. The second-order valence-electron chi connectivity index (χ2n) is 22.5. The smallest absolute Gasteiger partial charge is 0.330 e. The molecule has 0 spiro atoms. The van der Waals surface area contributed by atoms with Crippen LogP contribution in [0.5, 0.6) is 0 Å². The van der Waals surface area contributed by atoms with E-state index >= 15 is 0 Å². The Hall–Kier alpha value is -2.46. The van der Waals surface area contributed by atoms with Crippen LogP contribution in [0.1, 0.15) is 83.5 Å². The summed E-state index contributed by atoms with van der Waals surface area (Å²) < 4.78 is 60.2. The highest BCUT2D eigenvalue weighted by molar-refractivity contribution is 5.82. The summed E-state index contributed by atoms with van der Waals surface area (Å²) in [6.45, 7) is -2.04. The third kappa shape index (κ3) is 14.8. The van der Waals surface area contributed by atoms with Gasteiger partial charge < -0.3 is 119 Å². The Labute approximate surface area is 451 Å². The van der Waals surface area contributed by atoms with Gasteiger partial charge in [-0.2, -0.15) is 0 Å². The third-order valence-electron chi connectivity index (χ3n) is 17.2. The summed E-state index contributed by atoms with van der Waals surface area (Å²) in [4.78, 5) is 26.0. The van der Waals surface area contributed by atoms with Gasteiger partial charge in [-0.1, -0.05) is 12.2 Å². The molecular formula is C52H82O26. The van der Waals surface area contributed by atoms with E-state index in [9.17, 15) is 81.1 Å². The topological polar surface area (TPSA) is 410 Å². The summed E-state index contributed by atoms with van der Waals surface area (Å²) in [5.41, 5.74) is 0. The van der Waals surface area contributed by atoms with Crippen molar-refractivity contribution < 1.29 is 128 Å². The SMILES string of the molecule is COC1CC(C=CC(=O)OC[C@H]2O[C@@H](OC3CC4C(CC(O)CC4O[C@@H]4O[C@H](CO)[C@@H](O)[C@H](O)[C@H]4O)OC3C3CCC(O)CC3)[C@H](O[C@@H]3O[C@H](COC(=O)C=CC4CCC(O)C(O)C4)[C@@H](O)[C@H](O)[C@H]3O)[C@@H](O)[C@@H]2O)CCC1O. The summed E-state index contributed by atoms with van der Waals surface area (Å²) in [5, 5.41) is 151. The van der Waals surface area contributed by atoms with Crippen LogP contribution >= 0.6 is 0 Å². The Morgan fingerprint density at radius 3 is 1.62 bits per heavy atom. The molecule has 446 valence electrons. The van der Waals surface area contributed by atoms with Crippen molar-refractivity contribution in [2.75, 3.05) is 26.9 Å². The second kappa shape index (κ2) is 27.7. The number of fused-ring (bicyclic) bond motifs is 1. The number of allylic oxidation sites excluding steroid dienone is 2. The van der Waals surface area contributed by atoms with E-state index in [1.54, 1.807) is 6.08 Å². The molecule has 26 heteroatoms. The first-order valence-electron chi connectivity index (χ1n) is 27.5. The molecular weight excluding hydrogens is 1040 g/mol. The number of esters is 2. The van der Waals surface area contributed by atoms with Crippen molar-refractivity contribution in [3.05, 3.63) is 24.3 Å². The first-order chi connectivity index (χ1) is 37.2. The molecule has 78 heavy (non-hydrogen) atoms. The number of carbonyl (C=O) groups excluding carboxylic acids is 2. The van der Waals surface area contributed by atoms with Gasteiger partial charge in [-0.05, 0) is 94.8 Å². The van der Waals surface area contributed by atoms with Crippen LogP contribution in [0.2, 0.25) is 0 Å². The Morgan fingerprint density at radius 1 is 0.474 bits per heavy atom. The van der Waals surface area contributed by atoms with Crippen molar-refractivity contribution in [1.82, 2.24) is 0 Å². The monoisotopic (exact) mass is 1120 g/mol. The van der Waals surface area contributed by atoms with Crippen LogP contribution in [0.15, 0.2) is 24.3 Å². The molecule has 0 aromatic carbocycles. The molecule has 4 aliphatic heterocycles. The minimum absolute atomic E-state index is 0.0197. The van der Waals surface area contributed by atoms with Gasteiger partial charge in [-0.15, -0.1) is 0 Å². The molecule has 8 aliphatic rings. The molecule has 8 rings (SSSR count). The number of hydrogen-bond donors (Lipinski definition) is 14. The highest BCUT2D eigenvalue weighted by Gasteiger charge is 2.56. The van der Waals surface area contributed by atoms with E-state index in [-0.39, 0.29) is 43.4 Å². The van der Waals surface area contributed by atoms with Gasteiger partial charge in [0.05, 0.1) is 67.6 Å². The fourth-order valence-corrected chi connectivity index (χ4v) is 12.4. The zero-order chi connectivity index (χ0) is 56.1. The summed E-state index contributed by atoms with van der Waals surface area (Å²) in [6, 6.07) is 0. The minimum atomic E-state index is -2.03. The Balaban J connectivity index is 1.03. The maximum Gasteiger partial charge on any atom is 0.330 e. The van der Waals surface area contributed by atoms with E-state index in [4.69, 9.17) is 47.4 Å². The van der Waals surface area contributed by atoms with Gasteiger partial charge in [0.25, 0.3) is 0 Å². The second-order valence-corrected chi connectivity index (χ2v) is 22.5. The lowest BCUT2D eigenvalue weighted by Crippen LogP contribution is -2.66.